The highest BCUT2D eigenvalue weighted by Gasteiger charge is 2.37. The van der Waals surface area contributed by atoms with Crippen LogP contribution in [0.25, 0.3) is 0 Å². The lowest BCUT2D eigenvalue weighted by Gasteiger charge is -2.23. The number of hydrogen-bond acceptors (Lipinski definition) is 1. The Hall–Kier alpha value is -2.12. The first-order chi connectivity index (χ1) is 10.4. The van der Waals surface area contributed by atoms with Crippen molar-refractivity contribution in [2.45, 2.75) is 18.5 Å². The molecule has 2 aliphatic carbocycles. The normalized spacial score (nSPS) is 25.6. The van der Waals surface area contributed by atoms with Crippen molar-refractivity contribution in [3.8, 4) is 0 Å². The zero-order valence-corrected chi connectivity index (χ0v) is 11.9. The Morgan fingerprint density at radius 1 is 0.762 bits per heavy atom. The van der Waals surface area contributed by atoms with Gasteiger partial charge in [-0.05, 0) is 16.7 Å². The molecule has 0 saturated carbocycles. The first-order valence-electron chi connectivity index (χ1n) is 7.64. The van der Waals surface area contributed by atoms with Gasteiger partial charge in [-0.1, -0.05) is 78.9 Å². The summed E-state index contributed by atoms with van der Waals surface area (Å²) in [6, 6.07) is 19.9. The summed E-state index contributed by atoms with van der Waals surface area (Å²) in [5.41, 5.74) is 4.28. The van der Waals surface area contributed by atoms with E-state index in [0.29, 0.717) is 17.9 Å². The smallest absolute Gasteiger partial charge is 0.0398 e. The average Bonchev–Trinajstić information content (AvgIpc) is 2.88. The second-order valence-corrected chi connectivity index (χ2v) is 5.85. The highest BCUT2D eigenvalue weighted by molar-refractivity contribution is 5.45. The van der Waals surface area contributed by atoms with Crippen molar-refractivity contribution in [2.75, 3.05) is 0 Å². The largest absolute Gasteiger partial charge is 0.305 e. The molecule has 1 heteroatoms. The summed E-state index contributed by atoms with van der Waals surface area (Å²) in [6.45, 7) is 0.917. The third kappa shape index (κ3) is 2.24. The van der Waals surface area contributed by atoms with E-state index in [1.807, 2.05) is 0 Å². The lowest BCUT2D eigenvalue weighted by Crippen LogP contribution is -2.25. The van der Waals surface area contributed by atoms with E-state index in [1.165, 1.54) is 16.7 Å². The molecule has 0 heterocycles. The van der Waals surface area contributed by atoms with Gasteiger partial charge in [0.05, 0.1) is 0 Å². The minimum absolute atomic E-state index is 0.410. The molecule has 2 aliphatic rings. The summed E-state index contributed by atoms with van der Waals surface area (Å²) >= 11 is 0. The van der Waals surface area contributed by atoms with E-state index in [-0.39, 0.29) is 0 Å². The van der Waals surface area contributed by atoms with Crippen molar-refractivity contribution >= 4 is 0 Å². The number of rotatable bonds is 3. The predicted molar refractivity (Wildman–Crippen MR) is 87.0 cm³/mol. The van der Waals surface area contributed by atoms with Gasteiger partial charge in [0.1, 0.15) is 0 Å². The van der Waals surface area contributed by atoms with Gasteiger partial charge in [-0.2, -0.15) is 0 Å². The quantitative estimate of drug-likeness (QED) is 0.876. The minimum Gasteiger partial charge on any atom is -0.305 e. The topological polar surface area (TPSA) is 12.0 Å². The fourth-order valence-corrected chi connectivity index (χ4v) is 3.63. The van der Waals surface area contributed by atoms with Crippen LogP contribution in [-0.2, 0) is 6.54 Å². The summed E-state index contributed by atoms with van der Waals surface area (Å²) in [5.74, 6) is 1.07. The molecule has 104 valence electrons. The van der Waals surface area contributed by atoms with Gasteiger partial charge < -0.3 is 5.32 Å². The summed E-state index contributed by atoms with van der Waals surface area (Å²) < 4.78 is 0. The summed E-state index contributed by atoms with van der Waals surface area (Å²) in [5, 5.41) is 3.77. The van der Waals surface area contributed by atoms with Crippen molar-refractivity contribution in [1.82, 2.24) is 5.32 Å². The van der Waals surface area contributed by atoms with Gasteiger partial charge in [0.15, 0.2) is 0 Å². The van der Waals surface area contributed by atoms with Crippen LogP contribution >= 0.6 is 0 Å². The highest BCUT2D eigenvalue weighted by atomic mass is 14.9. The molecule has 3 atom stereocenters. The molecule has 0 aromatic heterocycles. The molecular formula is C20H19N. The van der Waals surface area contributed by atoms with E-state index in [0.717, 1.165) is 6.54 Å². The van der Waals surface area contributed by atoms with E-state index in [9.17, 15) is 0 Å². The van der Waals surface area contributed by atoms with Gasteiger partial charge in [0, 0.05) is 24.4 Å². The van der Waals surface area contributed by atoms with E-state index in [1.54, 1.807) is 0 Å². The second-order valence-electron chi connectivity index (χ2n) is 5.85. The molecule has 0 saturated heterocycles. The molecule has 0 spiro atoms. The molecule has 3 unspecified atom stereocenters. The second kappa shape index (κ2) is 5.34. The van der Waals surface area contributed by atoms with Crippen LogP contribution in [0.5, 0.6) is 0 Å². The number of fused-ring (bicyclic) bond motifs is 3. The van der Waals surface area contributed by atoms with Crippen LogP contribution in [0.4, 0.5) is 0 Å². The zero-order chi connectivity index (χ0) is 14.1. The Kier molecular flexibility index (Phi) is 3.21. The third-order valence-electron chi connectivity index (χ3n) is 4.62. The first-order valence-corrected chi connectivity index (χ1v) is 7.64. The van der Waals surface area contributed by atoms with Crippen molar-refractivity contribution in [2.24, 2.45) is 5.92 Å². The summed E-state index contributed by atoms with van der Waals surface area (Å²) in [6.07, 6.45) is 9.06. The van der Waals surface area contributed by atoms with Crippen molar-refractivity contribution in [1.29, 1.82) is 0 Å². The Bertz CT molecular complexity index is 684. The SMILES string of the molecule is C1=CC2c3ccccc3C(NCc3ccccc3)C2C=C1. The van der Waals surface area contributed by atoms with Crippen molar-refractivity contribution in [3.05, 3.63) is 95.6 Å². The standard InChI is InChI=1S/C20H19N/c1-2-8-15(9-3-1)14-21-20-18-12-6-4-10-16(18)17-11-5-7-13-19(17)20/h1-13,16,18,20-21H,14H2. The maximum atomic E-state index is 3.77. The van der Waals surface area contributed by atoms with Gasteiger partial charge >= 0.3 is 0 Å². The molecule has 0 radical (unpaired) electrons. The van der Waals surface area contributed by atoms with Gasteiger partial charge in [0.25, 0.3) is 0 Å². The fraction of sp³-hybridized carbons (Fsp3) is 0.200. The Labute approximate surface area is 126 Å². The lowest BCUT2D eigenvalue weighted by molar-refractivity contribution is 0.427. The molecule has 0 fully saturated rings. The van der Waals surface area contributed by atoms with Crippen LogP contribution in [0.2, 0.25) is 0 Å². The Balaban J connectivity index is 1.62. The molecule has 1 N–H and O–H groups in total. The molecule has 4 rings (SSSR count). The van der Waals surface area contributed by atoms with E-state index >= 15 is 0 Å². The van der Waals surface area contributed by atoms with E-state index in [4.69, 9.17) is 0 Å². The zero-order valence-electron chi connectivity index (χ0n) is 11.9. The van der Waals surface area contributed by atoms with Crippen LogP contribution in [-0.4, -0.2) is 0 Å². The van der Waals surface area contributed by atoms with Gasteiger partial charge in [-0.3, -0.25) is 0 Å². The van der Waals surface area contributed by atoms with Crippen LogP contribution in [0, 0.1) is 5.92 Å². The Morgan fingerprint density at radius 2 is 1.48 bits per heavy atom. The van der Waals surface area contributed by atoms with Crippen molar-refractivity contribution < 1.29 is 0 Å². The number of benzene rings is 2. The van der Waals surface area contributed by atoms with Crippen LogP contribution in [0.3, 0.4) is 0 Å². The van der Waals surface area contributed by atoms with Gasteiger partial charge in [0.2, 0.25) is 0 Å². The highest BCUT2D eigenvalue weighted by Crippen LogP contribution is 2.47. The van der Waals surface area contributed by atoms with Crippen LogP contribution < -0.4 is 5.32 Å². The Morgan fingerprint density at radius 3 is 2.33 bits per heavy atom. The first kappa shape index (κ1) is 12.6. The number of nitrogens with one attached hydrogen (secondary N) is 1. The molecule has 2 aromatic carbocycles. The van der Waals surface area contributed by atoms with E-state index in [2.05, 4.69) is 84.2 Å². The minimum atomic E-state index is 0.410. The molecule has 2 aromatic rings. The van der Waals surface area contributed by atoms with Crippen LogP contribution in [0.15, 0.2) is 78.9 Å². The molecule has 21 heavy (non-hydrogen) atoms. The van der Waals surface area contributed by atoms with Gasteiger partial charge in [-0.25, -0.2) is 0 Å². The summed E-state index contributed by atoms with van der Waals surface area (Å²) in [4.78, 5) is 0. The number of allylic oxidation sites excluding steroid dienone is 3. The molecule has 0 amide bonds. The monoisotopic (exact) mass is 273 g/mol. The average molecular weight is 273 g/mol. The lowest BCUT2D eigenvalue weighted by atomic mass is 9.87. The molecular weight excluding hydrogens is 254 g/mol. The van der Waals surface area contributed by atoms with Crippen LogP contribution in [0.1, 0.15) is 28.7 Å². The molecule has 1 nitrogen and oxygen atoms in total. The number of hydrogen-bond donors (Lipinski definition) is 1. The van der Waals surface area contributed by atoms with Gasteiger partial charge in [-0.15, -0.1) is 0 Å². The third-order valence-corrected chi connectivity index (χ3v) is 4.62. The predicted octanol–water partition coefficient (Wildman–Crippen LogP) is 4.36. The van der Waals surface area contributed by atoms with Crippen molar-refractivity contribution in [3.63, 3.8) is 0 Å². The maximum absolute atomic E-state index is 3.77. The summed E-state index contributed by atoms with van der Waals surface area (Å²) in [7, 11) is 0. The maximum Gasteiger partial charge on any atom is 0.0398 e. The molecule has 0 bridgehead atoms. The van der Waals surface area contributed by atoms with E-state index < -0.39 is 0 Å². The fourth-order valence-electron chi connectivity index (χ4n) is 3.63. The molecule has 0 aliphatic heterocycles.